The Bertz CT molecular complexity index is 821. The van der Waals surface area contributed by atoms with Crippen LogP contribution in [0.1, 0.15) is 25.7 Å². The molecule has 0 bridgehead atoms. The fraction of sp³-hybridized carbons (Fsp3) is 0.550. The number of rotatable bonds is 5. The van der Waals surface area contributed by atoms with Gasteiger partial charge in [0.2, 0.25) is 5.91 Å². The monoisotopic (exact) mass is 403 g/mol. The summed E-state index contributed by atoms with van der Waals surface area (Å²) in [4.78, 5) is 29.5. The van der Waals surface area contributed by atoms with Gasteiger partial charge in [0.25, 0.3) is 5.22 Å². The maximum atomic E-state index is 13.4. The molecule has 4 rings (SSSR count). The molecule has 7 nitrogen and oxygen atoms in total. The Morgan fingerprint density at radius 3 is 2.57 bits per heavy atom. The highest BCUT2D eigenvalue weighted by molar-refractivity contribution is 7.99. The second-order valence-corrected chi connectivity index (χ2v) is 8.70. The van der Waals surface area contributed by atoms with Crippen molar-refractivity contribution >= 4 is 34.7 Å². The second kappa shape index (κ2) is 8.23. The van der Waals surface area contributed by atoms with Crippen molar-refractivity contribution in [1.82, 2.24) is 10.3 Å². The number of aromatic nitrogens is 1. The van der Waals surface area contributed by atoms with E-state index < -0.39 is 0 Å². The Labute approximate surface area is 168 Å². The number of quaternary nitrogens is 1. The van der Waals surface area contributed by atoms with Crippen LogP contribution in [0.2, 0.25) is 0 Å². The predicted molar refractivity (Wildman–Crippen MR) is 108 cm³/mol. The van der Waals surface area contributed by atoms with Crippen LogP contribution < -0.4 is 11.1 Å². The summed E-state index contributed by atoms with van der Waals surface area (Å²) in [5.74, 6) is 0.196. The van der Waals surface area contributed by atoms with Gasteiger partial charge >= 0.3 is 5.91 Å². The van der Waals surface area contributed by atoms with Gasteiger partial charge in [-0.2, -0.15) is 0 Å². The molecule has 2 saturated heterocycles. The zero-order valence-electron chi connectivity index (χ0n) is 15.9. The summed E-state index contributed by atoms with van der Waals surface area (Å²) in [6, 6.07) is 7.93. The van der Waals surface area contributed by atoms with E-state index in [1.807, 2.05) is 24.3 Å². The lowest BCUT2D eigenvalue weighted by Crippen LogP contribution is -2.65. The molecule has 150 valence electrons. The van der Waals surface area contributed by atoms with Gasteiger partial charge in [0.1, 0.15) is 11.3 Å². The molecule has 3 N–H and O–H groups in total. The number of carbonyl (C=O) groups is 2. The number of nitrogens with one attached hydrogen (secondary N) is 1. The molecule has 0 saturated carbocycles. The van der Waals surface area contributed by atoms with Gasteiger partial charge in [0.15, 0.2) is 5.58 Å². The third kappa shape index (κ3) is 3.81. The van der Waals surface area contributed by atoms with Crippen LogP contribution in [-0.2, 0) is 9.59 Å². The van der Waals surface area contributed by atoms with Gasteiger partial charge in [-0.1, -0.05) is 23.9 Å². The first-order valence-corrected chi connectivity index (χ1v) is 11.0. The van der Waals surface area contributed by atoms with E-state index in [2.05, 4.69) is 10.3 Å². The van der Waals surface area contributed by atoms with Crippen LogP contribution in [0.4, 0.5) is 0 Å². The molecule has 2 amide bonds. The first kappa shape index (κ1) is 19.4. The van der Waals surface area contributed by atoms with Crippen LogP contribution in [0.3, 0.4) is 0 Å². The Morgan fingerprint density at radius 1 is 1.18 bits per heavy atom. The molecule has 0 radical (unpaired) electrons. The predicted octanol–water partition coefficient (Wildman–Crippen LogP) is 1.91. The largest absolute Gasteiger partial charge is 0.431 e. The van der Waals surface area contributed by atoms with E-state index in [4.69, 9.17) is 10.2 Å². The maximum absolute atomic E-state index is 13.4. The number of nitrogens with zero attached hydrogens (tertiary/aromatic N) is 2. The van der Waals surface area contributed by atoms with Crippen molar-refractivity contribution in [3.8, 4) is 0 Å². The van der Waals surface area contributed by atoms with Gasteiger partial charge in [-0.15, -0.1) is 0 Å². The number of hydrogen-bond donors (Lipinski definition) is 2. The van der Waals surface area contributed by atoms with Crippen LogP contribution in [0.15, 0.2) is 33.9 Å². The summed E-state index contributed by atoms with van der Waals surface area (Å²) >= 11 is 1.37. The van der Waals surface area contributed by atoms with Crippen LogP contribution >= 0.6 is 11.8 Å². The molecule has 0 spiro atoms. The number of benzene rings is 1. The summed E-state index contributed by atoms with van der Waals surface area (Å²) < 4.78 is 6.23. The van der Waals surface area contributed by atoms with E-state index in [0.29, 0.717) is 47.4 Å². The minimum Gasteiger partial charge on any atom is -0.431 e. The van der Waals surface area contributed by atoms with Crippen LogP contribution in [0.5, 0.6) is 0 Å². The minimum atomic E-state index is -0.239. The van der Waals surface area contributed by atoms with Gasteiger partial charge in [-0.25, -0.2) is 9.78 Å². The minimum absolute atomic E-state index is 0.106. The number of oxazole rings is 1. The summed E-state index contributed by atoms with van der Waals surface area (Å²) in [5, 5.41) is 3.92. The highest BCUT2D eigenvalue weighted by atomic mass is 32.2. The number of amides is 2. The summed E-state index contributed by atoms with van der Waals surface area (Å²) in [6.07, 6.45) is 3.36. The van der Waals surface area contributed by atoms with Gasteiger partial charge in [0.05, 0.1) is 19.1 Å². The first-order valence-electron chi connectivity index (χ1n) is 9.97. The number of carbonyl (C=O) groups excluding carboxylic acids is 2. The number of hydrogen-bond acceptors (Lipinski definition) is 6. The fourth-order valence-electron chi connectivity index (χ4n) is 4.60. The number of nitrogens with two attached hydrogens (primary N) is 1. The van der Waals surface area contributed by atoms with Crippen molar-refractivity contribution in [3.63, 3.8) is 0 Å². The summed E-state index contributed by atoms with van der Waals surface area (Å²) in [5.41, 5.74) is 7.06. The highest BCUT2D eigenvalue weighted by Crippen LogP contribution is 2.33. The molecule has 2 fully saturated rings. The zero-order chi connectivity index (χ0) is 19.6. The van der Waals surface area contributed by atoms with Crippen molar-refractivity contribution in [3.05, 3.63) is 24.3 Å². The molecule has 0 unspecified atom stereocenters. The summed E-state index contributed by atoms with van der Waals surface area (Å²) in [6.45, 7) is 3.28. The molecule has 1 aromatic heterocycles. The Kier molecular flexibility index (Phi) is 5.70. The van der Waals surface area contributed by atoms with E-state index in [9.17, 15) is 9.59 Å². The van der Waals surface area contributed by atoms with Crippen molar-refractivity contribution in [2.75, 3.05) is 31.9 Å². The van der Waals surface area contributed by atoms with E-state index in [0.717, 1.165) is 37.0 Å². The lowest BCUT2D eigenvalue weighted by atomic mass is 9.90. The van der Waals surface area contributed by atoms with Gasteiger partial charge < -0.3 is 15.5 Å². The summed E-state index contributed by atoms with van der Waals surface area (Å²) in [7, 11) is 0. The van der Waals surface area contributed by atoms with Gasteiger partial charge in [-0.05, 0) is 12.1 Å². The highest BCUT2D eigenvalue weighted by Gasteiger charge is 2.47. The smallest absolute Gasteiger partial charge is 0.324 e. The van der Waals surface area contributed by atoms with Crippen molar-refractivity contribution < 1.29 is 18.5 Å². The SMILES string of the molecule is NC(=O)C1CC[N+](C(=O)CSc2nc3ccccc3o2)(C2CCNCC2)CC1. The quantitative estimate of drug-likeness (QED) is 0.585. The fourth-order valence-corrected chi connectivity index (χ4v) is 5.41. The van der Waals surface area contributed by atoms with Gasteiger partial charge in [-0.3, -0.25) is 9.28 Å². The molecule has 8 heteroatoms. The lowest BCUT2D eigenvalue weighted by Gasteiger charge is -2.47. The Hall–Kier alpha value is -1.90. The number of likely N-dealkylation sites (tertiary alicyclic amines) is 1. The molecule has 1 aromatic carbocycles. The van der Waals surface area contributed by atoms with E-state index in [1.54, 1.807) is 0 Å². The molecule has 2 aliphatic rings. The molecular formula is C20H27N4O3S+. The molecule has 0 atom stereocenters. The average Bonchev–Trinajstić information content (AvgIpc) is 3.15. The topological polar surface area (TPSA) is 98.2 Å². The number of piperidine rings is 2. The van der Waals surface area contributed by atoms with E-state index in [1.165, 1.54) is 11.8 Å². The van der Waals surface area contributed by atoms with Crippen LogP contribution in [0.25, 0.3) is 11.1 Å². The third-order valence-electron chi connectivity index (χ3n) is 6.25. The first-order chi connectivity index (χ1) is 13.6. The zero-order valence-corrected chi connectivity index (χ0v) is 16.7. The van der Waals surface area contributed by atoms with Crippen molar-refractivity contribution in [1.29, 1.82) is 0 Å². The van der Waals surface area contributed by atoms with Gasteiger partial charge in [0, 0.05) is 44.7 Å². The normalized spacial score (nSPS) is 26.4. The van der Waals surface area contributed by atoms with Crippen LogP contribution in [-0.4, -0.2) is 59.3 Å². The molecule has 28 heavy (non-hydrogen) atoms. The molecule has 3 heterocycles. The molecule has 0 aliphatic carbocycles. The van der Waals surface area contributed by atoms with Crippen LogP contribution in [0, 0.1) is 5.92 Å². The second-order valence-electron chi connectivity index (χ2n) is 7.77. The number of para-hydroxylation sites is 2. The number of thioether (sulfide) groups is 1. The Morgan fingerprint density at radius 2 is 1.89 bits per heavy atom. The van der Waals surface area contributed by atoms with Crippen molar-refractivity contribution in [2.45, 2.75) is 36.9 Å². The Balaban J connectivity index is 1.48. The average molecular weight is 404 g/mol. The van der Waals surface area contributed by atoms with Crippen molar-refractivity contribution in [2.24, 2.45) is 11.7 Å². The molecule has 2 aliphatic heterocycles. The molecule has 2 aromatic rings. The molecular weight excluding hydrogens is 376 g/mol. The lowest BCUT2D eigenvalue weighted by molar-refractivity contribution is -0.885. The van der Waals surface area contributed by atoms with E-state index in [-0.39, 0.29) is 17.7 Å². The third-order valence-corrected chi connectivity index (χ3v) is 7.07. The maximum Gasteiger partial charge on any atom is 0.324 e. The van der Waals surface area contributed by atoms with E-state index >= 15 is 0 Å². The standard InChI is InChI=1S/C20H26N4O3S/c21-19(26)14-7-11-24(12-8-14,15-5-9-22-10-6-15)18(25)13-28-20-23-16-3-1-2-4-17(16)27-20/h1-4,14-15,22H,5-13H2,(H-,21,26)/p+1. The number of primary amides is 1. The number of fused-ring (bicyclic) bond motifs is 1.